The van der Waals surface area contributed by atoms with Gasteiger partial charge in [-0.3, -0.25) is 4.79 Å². The molecular formula is C15H23N3O. The van der Waals surface area contributed by atoms with E-state index in [0.717, 1.165) is 38.0 Å². The van der Waals surface area contributed by atoms with Gasteiger partial charge < -0.3 is 15.2 Å². The van der Waals surface area contributed by atoms with Crippen LogP contribution in [0.4, 0.5) is 0 Å². The Morgan fingerprint density at radius 2 is 2.37 bits per heavy atom. The minimum atomic E-state index is 0.0119. The zero-order valence-electron chi connectivity index (χ0n) is 11.6. The van der Waals surface area contributed by atoms with Crippen molar-refractivity contribution in [3.8, 4) is 0 Å². The van der Waals surface area contributed by atoms with Crippen LogP contribution in [0.5, 0.6) is 0 Å². The second-order valence-electron chi connectivity index (χ2n) is 5.18. The van der Waals surface area contributed by atoms with E-state index >= 15 is 0 Å². The molecule has 1 fully saturated rings. The fourth-order valence-corrected chi connectivity index (χ4v) is 2.60. The Kier molecular flexibility index (Phi) is 4.80. The third-order valence-electron chi connectivity index (χ3n) is 3.61. The molecule has 1 aliphatic heterocycles. The van der Waals surface area contributed by atoms with Crippen LogP contribution in [0.2, 0.25) is 0 Å². The van der Waals surface area contributed by atoms with Gasteiger partial charge in [0.25, 0.3) is 5.91 Å². The molecule has 0 saturated carbocycles. The van der Waals surface area contributed by atoms with Crippen LogP contribution in [0.1, 0.15) is 42.7 Å². The predicted octanol–water partition coefficient (Wildman–Crippen LogP) is 2.11. The number of rotatable bonds is 5. The molecule has 0 bridgehead atoms. The van der Waals surface area contributed by atoms with Crippen LogP contribution in [0.15, 0.2) is 31.0 Å². The highest BCUT2D eigenvalue weighted by atomic mass is 16.2. The number of piperidine rings is 1. The first-order valence-electron chi connectivity index (χ1n) is 7.01. The number of hydrogen-bond acceptors (Lipinski definition) is 2. The van der Waals surface area contributed by atoms with Crippen LogP contribution in [0, 0.1) is 0 Å². The average molecular weight is 261 g/mol. The fourth-order valence-electron chi connectivity index (χ4n) is 2.60. The molecule has 1 saturated heterocycles. The van der Waals surface area contributed by atoms with Gasteiger partial charge in [-0.25, -0.2) is 0 Å². The van der Waals surface area contributed by atoms with Gasteiger partial charge in [-0.1, -0.05) is 6.08 Å². The summed E-state index contributed by atoms with van der Waals surface area (Å²) in [6.07, 6.45) is 6.80. The fraction of sp³-hybridized carbons (Fsp3) is 0.533. The van der Waals surface area contributed by atoms with Crippen molar-refractivity contribution in [3.05, 3.63) is 36.7 Å². The van der Waals surface area contributed by atoms with E-state index in [1.165, 1.54) is 0 Å². The molecule has 0 radical (unpaired) electrons. The summed E-state index contributed by atoms with van der Waals surface area (Å²) in [5.41, 5.74) is 0.766. The van der Waals surface area contributed by atoms with Gasteiger partial charge in [0.05, 0.1) is 0 Å². The van der Waals surface area contributed by atoms with Crippen molar-refractivity contribution in [1.29, 1.82) is 0 Å². The van der Waals surface area contributed by atoms with Crippen molar-refractivity contribution in [1.82, 2.24) is 15.2 Å². The molecule has 2 rings (SSSR count). The first kappa shape index (κ1) is 13.9. The smallest absolute Gasteiger partial charge is 0.268 e. The highest BCUT2D eigenvalue weighted by Crippen LogP contribution is 2.21. The molecular weight excluding hydrogens is 238 g/mol. The second-order valence-corrected chi connectivity index (χ2v) is 5.18. The summed E-state index contributed by atoms with van der Waals surface area (Å²) in [4.78, 5) is 12.3. The summed E-state index contributed by atoms with van der Waals surface area (Å²) in [6.45, 7) is 7.74. The van der Waals surface area contributed by atoms with Gasteiger partial charge in [-0.2, -0.15) is 0 Å². The Morgan fingerprint density at radius 1 is 1.63 bits per heavy atom. The maximum absolute atomic E-state index is 12.3. The summed E-state index contributed by atoms with van der Waals surface area (Å²) >= 11 is 0. The van der Waals surface area contributed by atoms with Gasteiger partial charge in [-0.05, 0) is 51.4 Å². The third-order valence-corrected chi connectivity index (χ3v) is 3.61. The van der Waals surface area contributed by atoms with Crippen molar-refractivity contribution < 1.29 is 4.79 Å². The molecule has 1 aromatic rings. The van der Waals surface area contributed by atoms with Gasteiger partial charge in [0, 0.05) is 18.3 Å². The van der Waals surface area contributed by atoms with Crippen molar-refractivity contribution in [2.75, 3.05) is 13.1 Å². The molecule has 19 heavy (non-hydrogen) atoms. The number of hydrogen-bond donors (Lipinski definition) is 2. The normalized spacial score (nSPS) is 17.9. The molecule has 0 spiro atoms. The predicted molar refractivity (Wildman–Crippen MR) is 77.3 cm³/mol. The first-order chi connectivity index (χ1) is 9.22. The summed E-state index contributed by atoms with van der Waals surface area (Å²) < 4.78 is 2.12. The standard InChI is InChI=1S/C15H23N3O/c1-3-5-12(2)17-15(19)14-6-4-11-18(14)13-7-9-16-10-8-13/h3-4,6,11-13,16H,1,5,7-10H2,2H3,(H,17,19). The lowest BCUT2D eigenvalue weighted by atomic mass is 10.1. The van der Waals surface area contributed by atoms with E-state index in [1.54, 1.807) is 0 Å². The lowest BCUT2D eigenvalue weighted by Gasteiger charge is -2.26. The van der Waals surface area contributed by atoms with Crippen LogP contribution in [0.3, 0.4) is 0 Å². The van der Waals surface area contributed by atoms with Crippen LogP contribution < -0.4 is 10.6 Å². The Balaban J connectivity index is 2.05. The van der Waals surface area contributed by atoms with Gasteiger partial charge in [-0.15, -0.1) is 6.58 Å². The summed E-state index contributed by atoms with van der Waals surface area (Å²) in [7, 11) is 0. The summed E-state index contributed by atoms with van der Waals surface area (Å²) in [5.74, 6) is 0.0119. The van der Waals surface area contributed by atoms with Gasteiger partial charge >= 0.3 is 0 Å². The molecule has 4 heteroatoms. The van der Waals surface area contributed by atoms with E-state index in [9.17, 15) is 4.79 Å². The van der Waals surface area contributed by atoms with Crippen LogP contribution >= 0.6 is 0 Å². The summed E-state index contributed by atoms with van der Waals surface area (Å²) in [6, 6.07) is 4.42. The summed E-state index contributed by atoms with van der Waals surface area (Å²) in [5, 5.41) is 6.37. The number of carbonyl (C=O) groups excluding carboxylic acids is 1. The van der Waals surface area contributed by atoms with E-state index in [2.05, 4.69) is 21.8 Å². The quantitative estimate of drug-likeness (QED) is 0.797. The SMILES string of the molecule is C=CCC(C)NC(=O)c1cccn1C1CCNCC1. The highest BCUT2D eigenvalue weighted by molar-refractivity contribution is 5.93. The molecule has 0 aromatic carbocycles. The van der Waals surface area contributed by atoms with E-state index in [0.29, 0.717) is 6.04 Å². The van der Waals surface area contributed by atoms with E-state index in [1.807, 2.05) is 31.3 Å². The monoisotopic (exact) mass is 261 g/mol. The molecule has 1 unspecified atom stereocenters. The number of carbonyl (C=O) groups is 1. The third kappa shape index (κ3) is 3.47. The van der Waals surface area contributed by atoms with Gasteiger partial charge in [0.15, 0.2) is 0 Å². The number of nitrogens with zero attached hydrogens (tertiary/aromatic N) is 1. The van der Waals surface area contributed by atoms with Crippen molar-refractivity contribution in [3.63, 3.8) is 0 Å². The maximum atomic E-state index is 12.3. The second kappa shape index (κ2) is 6.57. The minimum absolute atomic E-state index is 0.0119. The molecule has 1 aromatic heterocycles. The van der Waals surface area contributed by atoms with Crippen LogP contribution in [-0.4, -0.2) is 29.6 Å². The van der Waals surface area contributed by atoms with Gasteiger partial charge in [0.2, 0.25) is 0 Å². The Labute approximate surface area is 114 Å². The Hall–Kier alpha value is -1.55. The van der Waals surface area contributed by atoms with Gasteiger partial charge in [0.1, 0.15) is 5.69 Å². The molecule has 2 N–H and O–H groups in total. The van der Waals surface area contributed by atoms with E-state index in [-0.39, 0.29) is 11.9 Å². The lowest BCUT2D eigenvalue weighted by Crippen LogP contribution is -2.35. The zero-order valence-corrected chi connectivity index (χ0v) is 11.6. The molecule has 1 atom stereocenters. The van der Waals surface area contributed by atoms with Crippen LogP contribution in [-0.2, 0) is 0 Å². The van der Waals surface area contributed by atoms with Crippen molar-refractivity contribution in [2.24, 2.45) is 0 Å². The molecule has 1 aliphatic rings. The Morgan fingerprint density at radius 3 is 3.05 bits per heavy atom. The molecule has 0 aliphatic carbocycles. The van der Waals surface area contributed by atoms with E-state index < -0.39 is 0 Å². The number of nitrogens with one attached hydrogen (secondary N) is 2. The zero-order chi connectivity index (χ0) is 13.7. The Bertz CT molecular complexity index is 432. The largest absolute Gasteiger partial charge is 0.348 e. The molecule has 2 heterocycles. The van der Waals surface area contributed by atoms with E-state index in [4.69, 9.17) is 0 Å². The van der Waals surface area contributed by atoms with Crippen molar-refractivity contribution >= 4 is 5.91 Å². The molecule has 4 nitrogen and oxygen atoms in total. The first-order valence-corrected chi connectivity index (χ1v) is 7.01. The average Bonchev–Trinajstić information content (AvgIpc) is 2.89. The van der Waals surface area contributed by atoms with Crippen LogP contribution in [0.25, 0.3) is 0 Å². The maximum Gasteiger partial charge on any atom is 0.268 e. The topological polar surface area (TPSA) is 46.1 Å². The van der Waals surface area contributed by atoms with Crippen molar-refractivity contribution in [2.45, 2.75) is 38.3 Å². The molecule has 1 amide bonds. The molecule has 104 valence electrons. The highest BCUT2D eigenvalue weighted by Gasteiger charge is 2.20. The number of amides is 1. The minimum Gasteiger partial charge on any atom is -0.348 e. The lowest BCUT2D eigenvalue weighted by molar-refractivity contribution is 0.0927. The number of aromatic nitrogens is 1.